The molecule has 1 nitrogen and oxygen atoms in total. The van der Waals surface area contributed by atoms with Crippen LogP contribution in [0.3, 0.4) is 0 Å². The lowest BCUT2D eigenvalue weighted by atomic mass is 9.90. The minimum absolute atomic E-state index is 0.845. The van der Waals surface area contributed by atoms with Crippen LogP contribution in [0.1, 0.15) is 29.2 Å². The smallest absolute Gasteiger partial charge is 0.0452 e. The number of nitrogens with zero attached hydrogens (tertiary/aromatic N) is 1. The van der Waals surface area contributed by atoms with Crippen LogP contribution in [-0.4, -0.2) is 7.05 Å². The Kier molecular flexibility index (Phi) is 5.71. The quantitative estimate of drug-likeness (QED) is 0.272. The van der Waals surface area contributed by atoms with Crippen molar-refractivity contribution in [2.24, 2.45) is 0 Å². The number of hydrogen-bond donors (Lipinski definition) is 0. The summed E-state index contributed by atoms with van der Waals surface area (Å²) in [6, 6.07) is 37.4. The molecule has 5 rings (SSSR count). The van der Waals surface area contributed by atoms with Crippen molar-refractivity contribution in [3.8, 4) is 0 Å². The van der Waals surface area contributed by atoms with Crippen molar-refractivity contribution in [3.63, 3.8) is 0 Å². The van der Waals surface area contributed by atoms with Crippen LogP contribution >= 0.6 is 0 Å². The monoisotopic (exact) mass is 427 g/mol. The number of fused-ring (bicyclic) bond motifs is 2. The second-order valence-corrected chi connectivity index (χ2v) is 8.74. The van der Waals surface area contributed by atoms with E-state index in [9.17, 15) is 0 Å². The first-order valence-electron chi connectivity index (χ1n) is 11.6. The second-order valence-electron chi connectivity index (χ2n) is 8.74. The van der Waals surface area contributed by atoms with E-state index in [-0.39, 0.29) is 0 Å². The average Bonchev–Trinajstić information content (AvgIpc) is 2.86. The third-order valence-electron chi connectivity index (χ3n) is 6.53. The molecule has 0 fully saturated rings. The summed E-state index contributed by atoms with van der Waals surface area (Å²) in [5.41, 5.74) is 7.68. The number of aryl methyl sites for hydroxylation is 1. The number of allylic oxidation sites excluding steroid dienone is 1. The molecule has 0 radical (unpaired) electrons. The lowest BCUT2D eigenvalue weighted by molar-refractivity contribution is 0.930. The highest BCUT2D eigenvalue weighted by Gasteiger charge is 2.17. The molecule has 5 aromatic carbocycles. The molecule has 0 heterocycles. The molecule has 33 heavy (non-hydrogen) atoms. The van der Waals surface area contributed by atoms with Crippen LogP contribution in [0.5, 0.6) is 0 Å². The Morgan fingerprint density at radius 1 is 0.697 bits per heavy atom. The molecule has 0 atom stereocenters. The van der Waals surface area contributed by atoms with Gasteiger partial charge in [-0.2, -0.15) is 0 Å². The number of hydrogen-bond acceptors (Lipinski definition) is 1. The van der Waals surface area contributed by atoms with Gasteiger partial charge in [-0.05, 0) is 58.2 Å². The van der Waals surface area contributed by atoms with Crippen LogP contribution in [0.2, 0.25) is 0 Å². The van der Waals surface area contributed by atoms with Gasteiger partial charge in [0, 0.05) is 24.8 Å². The largest absolute Gasteiger partial charge is 0.370 e. The van der Waals surface area contributed by atoms with Gasteiger partial charge in [0.2, 0.25) is 0 Å². The molecule has 0 unspecified atom stereocenters. The molecule has 5 aromatic rings. The molecular formula is C32H29N. The van der Waals surface area contributed by atoms with Crippen molar-refractivity contribution in [2.75, 3.05) is 11.9 Å². The lowest BCUT2D eigenvalue weighted by Gasteiger charge is -2.26. The van der Waals surface area contributed by atoms with Crippen LogP contribution < -0.4 is 4.90 Å². The van der Waals surface area contributed by atoms with E-state index in [1.54, 1.807) is 0 Å². The summed E-state index contributed by atoms with van der Waals surface area (Å²) < 4.78 is 0. The molecular weight excluding hydrogens is 398 g/mol. The van der Waals surface area contributed by atoms with Gasteiger partial charge in [0.1, 0.15) is 0 Å². The normalized spacial score (nSPS) is 11.8. The molecule has 0 aliphatic rings. The molecule has 1 heteroatoms. The van der Waals surface area contributed by atoms with Crippen molar-refractivity contribution < 1.29 is 0 Å². The summed E-state index contributed by atoms with van der Waals surface area (Å²) in [4.78, 5) is 2.39. The Morgan fingerprint density at radius 3 is 2.06 bits per heavy atom. The van der Waals surface area contributed by atoms with Crippen molar-refractivity contribution in [2.45, 2.75) is 20.4 Å². The van der Waals surface area contributed by atoms with E-state index in [2.05, 4.69) is 135 Å². The zero-order valence-electron chi connectivity index (χ0n) is 19.5. The Hall–Kier alpha value is -3.84. The third kappa shape index (κ3) is 4.03. The zero-order valence-corrected chi connectivity index (χ0v) is 19.5. The molecule has 0 aromatic heterocycles. The first kappa shape index (κ1) is 21.0. The summed E-state index contributed by atoms with van der Waals surface area (Å²) in [6.45, 7) is 5.13. The van der Waals surface area contributed by atoms with Gasteiger partial charge >= 0.3 is 0 Å². The van der Waals surface area contributed by atoms with E-state index in [0.717, 1.165) is 6.54 Å². The van der Waals surface area contributed by atoms with Gasteiger partial charge in [0.25, 0.3) is 0 Å². The molecule has 0 amide bonds. The van der Waals surface area contributed by atoms with Crippen LogP contribution in [0.4, 0.5) is 5.69 Å². The summed E-state index contributed by atoms with van der Waals surface area (Å²) in [5, 5.41) is 5.16. The summed E-state index contributed by atoms with van der Waals surface area (Å²) in [5.74, 6) is 0. The fraction of sp³-hybridized carbons (Fsp3) is 0.125. The summed E-state index contributed by atoms with van der Waals surface area (Å²) >= 11 is 0. The van der Waals surface area contributed by atoms with Gasteiger partial charge < -0.3 is 4.90 Å². The summed E-state index contributed by atoms with van der Waals surface area (Å²) in [6.07, 6.45) is 2.25. The third-order valence-corrected chi connectivity index (χ3v) is 6.53. The molecule has 0 saturated heterocycles. The van der Waals surface area contributed by atoms with Gasteiger partial charge in [-0.1, -0.05) is 109 Å². The summed E-state index contributed by atoms with van der Waals surface area (Å²) in [7, 11) is 2.21. The molecule has 162 valence electrons. The fourth-order valence-electron chi connectivity index (χ4n) is 4.82. The van der Waals surface area contributed by atoms with Gasteiger partial charge in [0.15, 0.2) is 0 Å². The Balaban J connectivity index is 1.66. The van der Waals surface area contributed by atoms with E-state index in [4.69, 9.17) is 0 Å². The van der Waals surface area contributed by atoms with Gasteiger partial charge in [-0.25, -0.2) is 0 Å². The maximum Gasteiger partial charge on any atom is 0.0452 e. The topological polar surface area (TPSA) is 3.24 Å². The highest BCUT2D eigenvalue weighted by atomic mass is 15.1. The standard InChI is InChI=1S/C32H29N/c1-4-28(26-18-16-23(2)17-19-26)32-30-15-8-6-11-25(30)20-21-31(32)33(3)22-27-13-9-12-24-10-5-7-14-29(24)27/h4-21H,22H2,1-3H3. The van der Waals surface area contributed by atoms with Crippen molar-refractivity contribution >= 4 is 32.8 Å². The lowest BCUT2D eigenvalue weighted by Crippen LogP contribution is -2.18. The van der Waals surface area contributed by atoms with E-state index in [1.165, 1.54) is 55.1 Å². The molecule has 0 bridgehead atoms. The van der Waals surface area contributed by atoms with Gasteiger partial charge in [-0.15, -0.1) is 0 Å². The molecule has 0 N–H and O–H groups in total. The molecule has 0 aliphatic carbocycles. The maximum atomic E-state index is 2.39. The number of rotatable bonds is 5. The Morgan fingerprint density at radius 2 is 1.33 bits per heavy atom. The van der Waals surface area contributed by atoms with E-state index < -0.39 is 0 Å². The molecule has 0 spiro atoms. The first-order chi connectivity index (χ1) is 16.2. The minimum atomic E-state index is 0.845. The van der Waals surface area contributed by atoms with Crippen molar-refractivity contribution in [1.82, 2.24) is 0 Å². The van der Waals surface area contributed by atoms with Crippen LogP contribution in [0.15, 0.2) is 109 Å². The van der Waals surface area contributed by atoms with E-state index in [1.807, 2.05) is 0 Å². The number of benzene rings is 5. The Bertz CT molecular complexity index is 1450. The van der Waals surface area contributed by atoms with Crippen LogP contribution in [-0.2, 0) is 6.54 Å². The van der Waals surface area contributed by atoms with Crippen molar-refractivity contribution in [1.29, 1.82) is 0 Å². The number of anilines is 1. The molecule has 0 saturated carbocycles. The van der Waals surface area contributed by atoms with Crippen molar-refractivity contribution in [3.05, 3.63) is 131 Å². The second kappa shape index (κ2) is 8.96. The SMILES string of the molecule is CC=C(c1ccc(C)cc1)c1c(N(C)Cc2cccc3ccccc23)ccc2ccccc12. The predicted molar refractivity (Wildman–Crippen MR) is 144 cm³/mol. The highest BCUT2D eigenvalue weighted by Crippen LogP contribution is 2.38. The van der Waals surface area contributed by atoms with Crippen LogP contribution in [0.25, 0.3) is 27.1 Å². The van der Waals surface area contributed by atoms with E-state index in [0.29, 0.717) is 0 Å². The van der Waals surface area contributed by atoms with Crippen LogP contribution in [0, 0.1) is 6.92 Å². The maximum absolute atomic E-state index is 2.39. The highest BCUT2D eigenvalue weighted by molar-refractivity contribution is 6.03. The van der Waals surface area contributed by atoms with Gasteiger partial charge in [-0.3, -0.25) is 0 Å². The van der Waals surface area contributed by atoms with Gasteiger partial charge in [0.05, 0.1) is 0 Å². The average molecular weight is 428 g/mol. The van der Waals surface area contributed by atoms with E-state index >= 15 is 0 Å². The predicted octanol–water partition coefficient (Wildman–Crippen LogP) is 8.39. The molecule has 0 aliphatic heterocycles. The minimum Gasteiger partial charge on any atom is -0.370 e. The Labute approximate surface area is 196 Å². The zero-order chi connectivity index (χ0) is 22.8. The fourth-order valence-corrected chi connectivity index (χ4v) is 4.82. The first-order valence-corrected chi connectivity index (χ1v) is 11.6.